The molecule has 5 nitrogen and oxygen atoms in total. The van der Waals surface area contributed by atoms with Crippen molar-refractivity contribution < 1.29 is 4.79 Å². The van der Waals surface area contributed by atoms with E-state index in [0.717, 1.165) is 4.88 Å². The van der Waals surface area contributed by atoms with E-state index in [-0.39, 0.29) is 11.9 Å². The highest BCUT2D eigenvalue weighted by atomic mass is 32.1. The Balaban J connectivity index is 1.64. The molecule has 17 heavy (non-hydrogen) atoms. The van der Waals surface area contributed by atoms with Crippen LogP contribution in [-0.2, 0) is 0 Å². The van der Waals surface area contributed by atoms with Crippen molar-refractivity contribution >= 4 is 17.2 Å². The molecule has 0 bridgehead atoms. The second kappa shape index (κ2) is 3.96. The van der Waals surface area contributed by atoms with Crippen LogP contribution in [0.2, 0.25) is 0 Å². The minimum absolute atomic E-state index is 0.117. The number of likely N-dealkylation sites (tertiary alicyclic amines) is 1. The number of amides is 1. The summed E-state index contributed by atoms with van der Waals surface area (Å²) >= 11 is 1.54. The van der Waals surface area contributed by atoms with E-state index in [1.54, 1.807) is 28.5 Å². The van der Waals surface area contributed by atoms with Gasteiger partial charge in [0.2, 0.25) is 0 Å². The van der Waals surface area contributed by atoms with Crippen LogP contribution in [-0.4, -0.2) is 38.9 Å². The molecule has 1 saturated heterocycles. The lowest BCUT2D eigenvalue weighted by molar-refractivity contribution is 0.0481. The lowest BCUT2D eigenvalue weighted by atomic mass is 10.1. The van der Waals surface area contributed by atoms with Crippen molar-refractivity contribution in [2.24, 2.45) is 0 Å². The van der Waals surface area contributed by atoms with Crippen molar-refractivity contribution in [2.75, 3.05) is 13.1 Å². The van der Waals surface area contributed by atoms with Crippen LogP contribution in [0.5, 0.6) is 0 Å². The molecule has 6 heteroatoms. The molecule has 0 unspecified atom stereocenters. The number of thiophene rings is 1. The van der Waals surface area contributed by atoms with E-state index in [2.05, 4.69) is 10.2 Å². The van der Waals surface area contributed by atoms with E-state index in [1.807, 2.05) is 24.0 Å². The fraction of sp³-hybridized carbons (Fsp3) is 0.364. The van der Waals surface area contributed by atoms with Crippen LogP contribution < -0.4 is 0 Å². The Morgan fingerprint density at radius 2 is 2.06 bits per heavy atom. The lowest BCUT2D eigenvalue weighted by Gasteiger charge is -2.37. The highest BCUT2D eigenvalue weighted by Gasteiger charge is 2.33. The van der Waals surface area contributed by atoms with Gasteiger partial charge in [-0.25, -0.2) is 0 Å². The van der Waals surface area contributed by atoms with E-state index in [0.29, 0.717) is 13.1 Å². The van der Waals surface area contributed by atoms with Crippen LogP contribution in [0.4, 0.5) is 0 Å². The van der Waals surface area contributed by atoms with Gasteiger partial charge in [-0.3, -0.25) is 4.79 Å². The maximum absolute atomic E-state index is 12.0. The third-order valence-electron chi connectivity index (χ3n) is 2.86. The first-order valence-electron chi connectivity index (χ1n) is 5.45. The molecular weight excluding hydrogens is 236 g/mol. The summed E-state index contributed by atoms with van der Waals surface area (Å²) < 4.78 is 0. The molecule has 88 valence electrons. The van der Waals surface area contributed by atoms with E-state index >= 15 is 0 Å². The maximum atomic E-state index is 12.0. The van der Waals surface area contributed by atoms with Crippen LogP contribution in [0.15, 0.2) is 24.5 Å². The monoisotopic (exact) mass is 248 g/mol. The molecule has 1 fully saturated rings. The number of carbonyl (C=O) groups excluding carboxylic acids is 1. The Morgan fingerprint density at radius 1 is 1.35 bits per heavy atom. The largest absolute Gasteiger partial charge is 0.333 e. The first kappa shape index (κ1) is 10.5. The smallest absolute Gasteiger partial charge is 0.264 e. The molecule has 2 aromatic rings. The Labute approximate surface area is 103 Å². The SMILES string of the molecule is Cc1ccc(C(=O)N2CC(n3nccn3)C2)s1. The minimum Gasteiger partial charge on any atom is -0.333 e. The van der Waals surface area contributed by atoms with Gasteiger partial charge in [0.15, 0.2) is 0 Å². The summed E-state index contributed by atoms with van der Waals surface area (Å²) in [7, 11) is 0. The van der Waals surface area contributed by atoms with Crippen molar-refractivity contribution in [1.29, 1.82) is 0 Å². The predicted molar refractivity (Wildman–Crippen MR) is 64.0 cm³/mol. The van der Waals surface area contributed by atoms with Crippen molar-refractivity contribution in [3.05, 3.63) is 34.3 Å². The summed E-state index contributed by atoms with van der Waals surface area (Å²) in [6, 6.07) is 4.10. The molecule has 3 rings (SSSR count). The molecule has 0 radical (unpaired) electrons. The van der Waals surface area contributed by atoms with Crippen LogP contribution >= 0.6 is 11.3 Å². The Bertz CT molecular complexity index is 527. The molecule has 0 atom stereocenters. The third kappa shape index (κ3) is 1.84. The molecule has 1 aliphatic heterocycles. The number of aryl methyl sites for hydroxylation is 1. The Kier molecular flexibility index (Phi) is 2.44. The molecule has 0 spiro atoms. The summed E-state index contributed by atoms with van der Waals surface area (Å²) in [5, 5.41) is 8.16. The fourth-order valence-electron chi connectivity index (χ4n) is 1.89. The van der Waals surface area contributed by atoms with Gasteiger partial charge in [0.25, 0.3) is 5.91 Å². The van der Waals surface area contributed by atoms with Crippen LogP contribution in [0, 0.1) is 6.92 Å². The lowest BCUT2D eigenvalue weighted by Crippen LogP contribution is -2.51. The zero-order chi connectivity index (χ0) is 11.8. The number of aromatic nitrogens is 3. The third-order valence-corrected chi connectivity index (χ3v) is 3.85. The summed E-state index contributed by atoms with van der Waals surface area (Å²) in [4.78, 5) is 17.5. The number of hydrogen-bond acceptors (Lipinski definition) is 4. The van der Waals surface area contributed by atoms with Crippen molar-refractivity contribution in [1.82, 2.24) is 19.9 Å². The minimum atomic E-state index is 0.117. The van der Waals surface area contributed by atoms with Gasteiger partial charge in [-0.05, 0) is 19.1 Å². The molecular formula is C11H12N4OS. The summed E-state index contributed by atoms with van der Waals surface area (Å²) in [6.07, 6.45) is 3.32. The van der Waals surface area contributed by atoms with E-state index in [4.69, 9.17) is 0 Å². The van der Waals surface area contributed by atoms with Crippen molar-refractivity contribution in [3.63, 3.8) is 0 Å². The highest BCUT2D eigenvalue weighted by Crippen LogP contribution is 2.24. The van der Waals surface area contributed by atoms with E-state index in [9.17, 15) is 4.79 Å². The topological polar surface area (TPSA) is 51.0 Å². The summed E-state index contributed by atoms with van der Waals surface area (Å²) in [5.74, 6) is 0.117. The molecule has 3 heterocycles. The Hall–Kier alpha value is -1.69. The fourth-order valence-corrected chi connectivity index (χ4v) is 2.72. The number of nitrogens with zero attached hydrogens (tertiary/aromatic N) is 4. The first-order chi connectivity index (χ1) is 8.24. The average Bonchev–Trinajstić information content (AvgIpc) is 2.86. The molecule has 0 saturated carbocycles. The second-order valence-corrected chi connectivity index (χ2v) is 5.41. The van der Waals surface area contributed by atoms with Crippen molar-refractivity contribution in [3.8, 4) is 0 Å². The molecule has 0 N–H and O–H groups in total. The number of rotatable bonds is 2. The van der Waals surface area contributed by atoms with Crippen LogP contribution in [0.1, 0.15) is 20.6 Å². The zero-order valence-corrected chi connectivity index (χ0v) is 10.2. The predicted octanol–water partition coefficient (Wildman–Crippen LogP) is 1.35. The molecule has 1 aliphatic rings. The Morgan fingerprint density at radius 3 is 2.65 bits per heavy atom. The van der Waals surface area contributed by atoms with Gasteiger partial charge >= 0.3 is 0 Å². The second-order valence-electron chi connectivity index (χ2n) is 4.12. The summed E-state index contributed by atoms with van der Waals surface area (Å²) in [6.45, 7) is 3.41. The maximum Gasteiger partial charge on any atom is 0.264 e. The van der Waals surface area contributed by atoms with E-state index in [1.165, 1.54) is 4.88 Å². The van der Waals surface area contributed by atoms with Gasteiger partial charge in [-0.15, -0.1) is 11.3 Å². The van der Waals surface area contributed by atoms with Crippen LogP contribution in [0.3, 0.4) is 0 Å². The molecule has 0 aliphatic carbocycles. The van der Waals surface area contributed by atoms with Gasteiger partial charge < -0.3 is 4.90 Å². The molecule has 1 amide bonds. The average molecular weight is 248 g/mol. The van der Waals surface area contributed by atoms with Gasteiger partial charge in [-0.1, -0.05) is 0 Å². The van der Waals surface area contributed by atoms with Gasteiger partial charge in [-0.2, -0.15) is 15.0 Å². The quantitative estimate of drug-likeness (QED) is 0.806. The van der Waals surface area contributed by atoms with Crippen molar-refractivity contribution in [2.45, 2.75) is 13.0 Å². The first-order valence-corrected chi connectivity index (χ1v) is 6.27. The number of hydrogen-bond donors (Lipinski definition) is 0. The van der Waals surface area contributed by atoms with Gasteiger partial charge in [0, 0.05) is 18.0 Å². The highest BCUT2D eigenvalue weighted by molar-refractivity contribution is 7.13. The van der Waals surface area contributed by atoms with Gasteiger partial charge in [0.05, 0.1) is 17.3 Å². The number of carbonyl (C=O) groups is 1. The standard InChI is InChI=1S/C11H12N4OS/c1-8-2-3-10(17-8)11(16)14-6-9(7-14)15-12-4-5-13-15/h2-5,9H,6-7H2,1H3. The normalized spacial score (nSPS) is 15.9. The summed E-state index contributed by atoms with van der Waals surface area (Å²) in [5.41, 5.74) is 0. The molecule has 0 aromatic carbocycles. The zero-order valence-electron chi connectivity index (χ0n) is 9.41. The molecule has 2 aromatic heterocycles. The van der Waals surface area contributed by atoms with Crippen LogP contribution in [0.25, 0.3) is 0 Å². The van der Waals surface area contributed by atoms with E-state index < -0.39 is 0 Å². The van der Waals surface area contributed by atoms with Gasteiger partial charge in [0.1, 0.15) is 6.04 Å².